The van der Waals surface area contributed by atoms with Crippen molar-refractivity contribution in [2.75, 3.05) is 13.1 Å². The van der Waals surface area contributed by atoms with E-state index in [2.05, 4.69) is 5.10 Å². The molecule has 1 aliphatic rings. The van der Waals surface area contributed by atoms with Crippen LogP contribution < -0.4 is 5.32 Å². The summed E-state index contributed by atoms with van der Waals surface area (Å²) < 4.78 is 88.9. The molecule has 1 atom stereocenters. The van der Waals surface area contributed by atoms with Crippen LogP contribution in [0, 0.1) is 11.3 Å². The molecule has 0 fully saturated rings. The van der Waals surface area contributed by atoms with Gasteiger partial charge in [0, 0.05) is 11.5 Å². The average Bonchev–Trinajstić information content (AvgIpc) is 2.96. The number of hydrogen-bond donors (Lipinski definition) is 3. The molecule has 1 unspecified atom stereocenters. The Labute approximate surface area is 159 Å². The summed E-state index contributed by atoms with van der Waals surface area (Å²) in [5.74, 6) is -13.4. The number of rotatable bonds is 4. The van der Waals surface area contributed by atoms with Crippen LogP contribution in [0.25, 0.3) is 0 Å². The number of nitrogens with one attached hydrogen (secondary N) is 2. The van der Waals surface area contributed by atoms with Crippen molar-refractivity contribution in [2.24, 2.45) is 11.0 Å². The summed E-state index contributed by atoms with van der Waals surface area (Å²) in [6.07, 6.45) is -6.45. The predicted molar refractivity (Wildman–Crippen MR) is 87.2 cm³/mol. The van der Waals surface area contributed by atoms with E-state index in [9.17, 15) is 35.8 Å². The Morgan fingerprint density at radius 3 is 2.46 bits per heavy atom. The molecule has 1 heterocycles. The molecule has 0 radical (unpaired) electrons. The highest BCUT2D eigenvalue weighted by molar-refractivity contribution is 6.32. The molecule has 0 bridgehead atoms. The monoisotopic (exact) mass is 434 g/mol. The maximum atomic E-state index is 13.3. The Kier molecular flexibility index (Phi) is 5.75. The Morgan fingerprint density at radius 1 is 1.29 bits per heavy atom. The number of hydrazone groups is 1. The fourth-order valence-corrected chi connectivity index (χ4v) is 2.58. The van der Waals surface area contributed by atoms with Gasteiger partial charge in [0.25, 0.3) is 0 Å². The largest absolute Gasteiger partial charge is 0.506 e. The first-order valence-electron chi connectivity index (χ1n) is 7.67. The van der Waals surface area contributed by atoms with Gasteiger partial charge >= 0.3 is 18.0 Å². The molecule has 2 rings (SSSR count). The molecule has 28 heavy (non-hydrogen) atoms. The number of halogens is 8. The lowest BCUT2D eigenvalue weighted by Crippen LogP contribution is -2.57. The number of hydrogen-bond acceptors (Lipinski definition) is 3. The molecule has 1 aliphatic heterocycles. The third kappa shape index (κ3) is 3.96. The number of guanidine groups is 1. The second-order valence-corrected chi connectivity index (χ2v) is 6.49. The SMILES string of the molecule is CC1CN(C(=N)NCC(F)(F)C(F)(F)C(F)(F)F)N=C1c1cccc(Cl)c1O. The van der Waals surface area contributed by atoms with Crippen molar-refractivity contribution in [2.45, 2.75) is 24.9 Å². The molecule has 1 aromatic carbocycles. The number of phenols is 1. The second-order valence-electron chi connectivity index (χ2n) is 6.08. The van der Waals surface area contributed by atoms with Crippen molar-refractivity contribution in [3.05, 3.63) is 28.8 Å². The van der Waals surface area contributed by atoms with Crippen molar-refractivity contribution < 1.29 is 35.8 Å². The molecule has 0 saturated carbocycles. The van der Waals surface area contributed by atoms with Crippen LogP contribution in [0.4, 0.5) is 30.7 Å². The number of nitrogens with zero attached hydrogens (tertiary/aromatic N) is 2. The standard InChI is InChI=1S/C15H14ClF7N4O/c1-7-5-27(26-10(7)8-3-2-4-9(16)11(8)28)12(24)25-6-13(17,18)14(19,20)15(21,22)23/h2-4,7,28H,5-6H2,1H3,(H2,24,25). The van der Waals surface area contributed by atoms with E-state index >= 15 is 0 Å². The smallest absolute Gasteiger partial charge is 0.459 e. The van der Waals surface area contributed by atoms with Crippen LogP contribution in [0.2, 0.25) is 5.02 Å². The van der Waals surface area contributed by atoms with E-state index in [1.807, 2.05) is 0 Å². The van der Waals surface area contributed by atoms with Crippen LogP contribution >= 0.6 is 11.6 Å². The molecule has 0 aliphatic carbocycles. The highest BCUT2D eigenvalue weighted by atomic mass is 35.5. The Hall–Kier alpha value is -2.24. The maximum Gasteiger partial charge on any atom is 0.459 e. The normalized spacial score (nSPS) is 18.2. The van der Waals surface area contributed by atoms with E-state index in [4.69, 9.17) is 17.0 Å². The van der Waals surface area contributed by atoms with Crippen LogP contribution in [0.15, 0.2) is 23.3 Å². The zero-order valence-corrected chi connectivity index (χ0v) is 14.8. The Balaban J connectivity index is 2.14. The molecule has 0 spiro atoms. The lowest BCUT2D eigenvalue weighted by atomic mass is 9.99. The van der Waals surface area contributed by atoms with Gasteiger partial charge in [-0.25, -0.2) is 5.01 Å². The maximum absolute atomic E-state index is 13.3. The number of aromatic hydroxyl groups is 1. The van der Waals surface area contributed by atoms with Crippen molar-refractivity contribution in [3.63, 3.8) is 0 Å². The summed E-state index contributed by atoms with van der Waals surface area (Å²) in [4.78, 5) is 0. The average molecular weight is 435 g/mol. The molecule has 156 valence electrons. The van der Waals surface area contributed by atoms with Gasteiger partial charge in [-0.15, -0.1) is 0 Å². The van der Waals surface area contributed by atoms with Crippen LogP contribution in [-0.4, -0.2) is 52.9 Å². The number of benzene rings is 1. The summed E-state index contributed by atoms with van der Waals surface area (Å²) in [5, 5.41) is 23.9. The van der Waals surface area contributed by atoms with Crippen molar-refractivity contribution in [1.82, 2.24) is 10.3 Å². The van der Waals surface area contributed by atoms with Gasteiger partial charge in [0.2, 0.25) is 5.96 Å². The van der Waals surface area contributed by atoms with Crippen molar-refractivity contribution in [3.8, 4) is 5.75 Å². The summed E-state index contributed by atoms with van der Waals surface area (Å²) >= 11 is 5.80. The van der Waals surface area contributed by atoms with Gasteiger partial charge < -0.3 is 10.4 Å². The fourth-order valence-electron chi connectivity index (χ4n) is 2.40. The molecule has 3 N–H and O–H groups in total. The van der Waals surface area contributed by atoms with E-state index in [0.717, 1.165) is 5.01 Å². The molecule has 5 nitrogen and oxygen atoms in total. The highest BCUT2D eigenvalue weighted by Crippen LogP contribution is 2.46. The van der Waals surface area contributed by atoms with E-state index < -0.39 is 36.4 Å². The van der Waals surface area contributed by atoms with Crippen LogP contribution in [0.5, 0.6) is 5.75 Å². The van der Waals surface area contributed by atoms with E-state index in [1.165, 1.54) is 18.2 Å². The van der Waals surface area contributed by atoms with Crippen molar-refractivity contribution in [1.29, 1.82) is 5.41 Å². The molecular weight excluding hydrogens is 421 g/mol. The molecule has 0 amide bonds. The van der Waals surface area contributed by atoms with Crippen LogP contribution in [-0.2, 0) is 0 Å². The molecule has 1 aromatic rings. The summed E-state index contributed by atoms with van der Waals surface area (Å²) in [5.41, 5.74) is 0.447. The van der Waals surface area contributed by atoms with Gasteiger partial charge in [-0.1, -0.05) is 24.6 Å². The first-order valence-corrected chi connectivity index (χ1v) is 8.05. The number of phenolic OH excluding ortho intramolecular Hbond substituents is 1. The quantitative estimate of drug-likeness (QED) is 0.380. The first kappa shape index (κ1) is 22.1. The van der Waals surface area contributed by atoms with E-state index in [-0.39, 0.29) is 28.6 Å². The number of alkyl halides is 7. The summed E-state index contributed by atoms with van der Waals surface area (Å²) in [6.45, 7) is -0.566. The molecule has 0 saturated heterocycles. The molecular formula is C15H14ClF7N4O. The fraction of sp³-hybridized carbons (Fsp3) is 0.467. The highest BCUT2D eigenvalue weighted by Gasteiger charge is 2.72. The topological polar surface area (TPSA) is 71.7 Å². The lowest BCUT2D eigenvalue weighted by molar-refractivity contribution is -0.352. The van der Waals surface area contributed by atoms with Crippen LogP contribution in [0.1, 0.15) is 12.5 Å². The minimum absolute atomic E-state index is 0.0214. The van der Waals surface area contributed by atoms with Gasteiger partial charge in [0.05, 0.1) is 23.8 Å². The lowest BCUT2D eigenvalue weighted by Gasteiger charge is -2.29. The first-order chi connectivity index (χ1) is 12.7. The molecule has 13 heteroatoms. The van der Waals surface area contributed by atoms with Crippen molar-refractivity contribution >= 4 is 23.3 Å². The Bertz CT molecular complexity index is 797. The summed E-state index contributed by atoms with van der Waals surface area (Å²) in [7, 11) is 0. The van der Waals surface area contributed by atoms with Crippen LogP contribution in [0.3, 0.4) is 0 Å². The minimum Gasteiger partial charge on any atom is -0.506 e. The third-order valence-electron chi connectivity index (χ3n) is 3.96. The minimum atomic E-state index is -6.45. The Morgan fingerprint density at radius 2 is 1.89 bits per heavy atom. The van der Waals surface area contributed by atoms with Gasteiger partial charge in [-0.05, 0) is 12.1 Å². The van der Waals surface area contributed by atoms with Gasteiger partial charge in [0.15, 0.2) is 0 Å². The van der Waals surface area contributed by atoms with Gasteiger partial charge in [-0.3, -0.25) is 5.41 Å². The van der Waals surface area contributed by atoms with E-state index in [1.54, 1.807) is 12.2 Å². The van der Waals surface area contributed by atoms with Gasteiger partial charge in [0.1, 0.15) is 5.75 Å². The van der Waals surface area contributed by atoms with Gasteiger partial charge in [-0.2, -0.15) is 35.8 Å². The zero-order valence-electron chi connectivity index (χ0n) is 14.1. The third-order valence-corrected chi connectivity index (χ3v) is 4.26. The predicted octanol–water partition coefficient (Wildman–Crippen LogP) is 4.06. The number of para-hydroxylation sites is 1. The molecule has 0 aromatic heterocycles. The summed E-state index contributed by atoms with van der Waals surface area (Å²) in [6, 6.07) is 4.39. The van der Waals surface area contributed by atoms with E-state index in [0.29, 0.717) is 0 Å². The second kappa shape index (κ2) is 7.30. The zero-order chi connectivity index (χ0) is 21.5.